The molecular weight excluding hydrogens is 289 g/mol. The average Bonchev–Trinajstić information content (AvgIpc) is 2.73. The van der Waals surface area contributed by atoms with Gasteiger partial charge in [0.05, 0.1) is 18.9 Å². The zero-order chi connectivity index (χ0) is 16.3. The first-order chi connectivity index (χ1) is 9.60. The van der Waals surface area contributed by atoms with Crippen LogP contribution in [0.3, 0.4) is 0 Å². The Hall–Kier alpha value is -1.31. The summed E-state index contributed by atoms with van der Waals surface area (Å²) < 4.78 is 42.3. The Kier molecular flexibility index (Phi) is 5.61. The Labute approximate surface area is 121 Å². The number of hydrogen-bond donors (Lipinski definition) is 1. The van der Waals surface area contributed by atoms with E-state index in [0.717, 1.165) is 7.11 Å². The van der Waals surface area contributed by atoms with E-state index in [0.29, 0.717) is 24.2 Å². The molecule has 0 bridgehead atoms. The van der Waals surface area contributed by atoms with Crippen molar-refractivity contribution in [1.29, 1.82) is 0 Å². The summed E-state index contributed by atoms with van der Waals surface area (Å²) in [6.45, 7) is -0.118. The third kappa shape index (κ3) is 4.59. The van der Waals surface area contributed by atoms with Crippen LogP contribution >= 0.6 is 0 Å². The number of alkyl halides is 3. The van der Waals surface area contributed by atoms with Gasteiger partial charge in [0.2, 0.25) is 5.91 Å². The van der Waals surface area contributed by atoms with Gasteiger partial charge in [-0.05, 0) is 19.8 Å². The predicted molar refractivity (Wildman–Crippen MR) is 69.2 cm³/mol. The van der Waals surface area contributed by atoms with E-state index in [-0.39, 0.29) is 13.0 Å². The van der Waals surface area contributed by atoms with Crippen LogP contribution in [0.4, 0.5) is 13.2 Å². The highest BCUT2D eigenvalue weighted by molar-refractivity contribution is 5.84. The Morgan fingerprint density at radius 2 is 2.05 bits per heavy atom. The van der Waals surface area contributed by atoms with Crippen LogP contribution in [0.2, 0.25) is 0 Å². The maximum absolute atomic E-state index is 12.6. The molecule has 2 unspecified atom stereocenters. The number of esters is 1. The number of carbonyl (C=O) groups excluding carboxylic acids is 2. The van der Waals surface area contributed by atoms with Gasteiger partial charge in [-0.1, -0.05) is 6.42 Å². The van der Waals surface area contributed by atoms with E-state index in [1.54, 1.807) is 6.92 Å². The summed E-state index contributed by atoms with van der Waals surface area (Å²) in [5.74, 6) is -1.30. The molecule has 0 aromatic rings. The topological polar surface area (TPSA) is 72.6 Å². The molecule has 0 saturated heterocycles. The molecule has 0 heterocycles. The highest BCUT2D eigenvalue weighted by atomic mass is 19.4. The average molecular weight is 310 g/mol. The molecule has 2 N–H and O–H groups in total. The molecule has 2 atom stereocenters. The summed E-state index contributed by atoms with van der Waals surface area (Å²) in [7, 11) is 1.15. The van der Waals surface area contributed by atoms with E-state index in [4.69, 9.17) is 5.73 Å². The second-order valence-corrected chi connectivity index (χ2v) is 5.58. The van der Waals surface area contributed by atoms with Crippen molar-refractivity contribution in [2.75, 3.05) is 20.2 Å². The number of hydrogen-bond acceptors (Lipinski definition) is 4. The van der Waals surface area contributed by atoms with Crippen molar-refractivity contribution in [3.05, 3.63) is 0 Å². The van der Waals surface area contributed by atoms with Gasteiger partial charge in [-0.3, -0.25) is 9.59 Å². The molecule has 0 radical (unpaired) electrons. The largest absolute Gasteiger partial charge is 0.469 e. The third-order valence-electron chi connectivity index (χ3n) is 3.99. The van der Waals surface area contributed by atoms with Crippen LogP contribution in [-0.4, -0.2) is 49.2 Å². The quantitative estimate of drug-likeness (QED) is 0.780. The van der Waals surface area contributed by atoms with E-state index in [2.05, 4.69) is 4.74 Å². The molecule has 5 nitrogen and oxygen atoms in total. The van der Waals surface area contributed by atoms with Crippen molar-refractivity contribution in [2.45, 2.75) is 44.8 Å². The first-order valence-corrected chi connectivity index (χ1v) is 6.78. The molecule has 21 heavy (non-hydrogen) atoms. The zero-order valence-corrected chi connectivity index (χ0v) is 12.2. The molecular formula is C13H21F3N2O3. The highest BCUT2D eigenvalue weighted by Crippen LogP contribution is 2.39. The second kappa shape index (κ2) is 6.64. The summed E-state index contributed by atoms with van der Waals surface area (Å²) in [6.07, 6.45) is -3.02. The fourth-order valence-corrected chi connectivity index (χ4v) is 2.62. The summed E-state index contributed by atoms with van der Waals surface area (Å²) >= 11 is 0. The number of nitrogens with zero attached hydrogens (tertiary/aromatic N) is 1. The van der Waals surface area contributed by atoms with Crippen molar-refractivity contribution in [2.24, 2.45) is 11.1 Å². The lowest BCUT2D eigenvalue weighted by molar-refractivity contribution is -0.168. The number of carbonyl (C=O) groups is 2. The lowest BCUT2D eigenvalue weighted by Gasteiger charge is -2.34. The van der Waals surface area contributed by atoms with Crippen molar-refractivity contribution in [1.82, 2.24) is 4.90 Å². The molecule has 0 spiro atoms. The van der Waals surface area contributed by atoms with Gasteiger partial charge >= 0.3 is 12.1 Å². The molecule has 1 amide bonds. The monoisotopic (exact) mass is 310 g/mol. The lowest BCUT2D eigenvalue weighted by Crippen LogP contribution is -2.52. The van der Waals surface area contributed by atoms with Crippen LogP contribution < -0.4 is 5.73 Å². The molecule has 8 heteroatoms. The molecule has 0 aromatic carbocycles. The lowest BCUT2D eigenvalue weighted by atomic mass is 9.83. The summed E-state index contributed by atoms with van der Waals surface area (Å²) in [4.78, 5) is 24.2. The van der Waals surface area contributed by atoms with Gasteiger partial charge < -0.3 is 15.4 Å². The van der Waals surface area contributed by atoms with E-state index >= 15 is 0 Å². The summed E-state index contributed by atoms with van der Waals surface area (Å²) in [5.41, 5.74) is 4.88. The molecule has 1 aliphatic carbocycles. The molecule has 122 valence electrons. The van der Waals surface area contributed by atoms with Gasteiger partial charge in [0.1, 0.15) is 6.54 Å². The molecule has 1 saturated carbocycles. The summed E-state index contributed by atoms with van der Waals surface area (Å²) in [5, 5.41) is 0. The van der Waals surface area contributed by atoms with Crippen LogP contribution in [0.1, 0.15) is 32.6 Å². The first kappa shape index (κ1) is 17.7. The van der Waals surface area contributed by atoms with Crippen LogP contribution in [-0.2, 0) is 14.3 Å². The fourth-order valence-electron chi connectivity index (χ4n) is 2.62. The zero-order valence-electron chi connectivity index (χ0n) is 12.2. The standard InChI is InChI=1S/C13H21F3N2O3/c1-12(6-3-4-9(12)17)11(20)18(8-13(14,15)16)7-5-10(19)21-2/h9H,3-8,17H2,1-2H3. The smallest absolute Gasteiger partial charge is 0.406 e. The van der Waals surface area contributed by atoms with Crippen LogP contribution in [0.25, 0.3) is 0 Å². The Morgan fingerprint density at radius 3 is 2.48 bits per heavy atom. The highest BCUT2D eigenvalue weighted by Gasteiger charge is 2.47. The van der Waals surface area contributed by atoms with Crippen LogP contribution in [0, 0.1) is 5.41 Å². The number of ether oxygens (including phenoxy) is 1. The molecule has 1 rings (SSSR count). The maximum Gasteiger partial charge on any atom is 0.406 e. The predicted octanol–water partition coefficient (Wildman–Crippen LogP) is 1.46. The maximum atomic E-state index is 12.6. The van der Waals surface area contributed by atoms with E-state index in [9.17, 15) is 22.8 Å². The number of nitrogens with two attached hydrogens (primary N) is 1. The first-order valence-electron chi connectivity index (χ1n) is 6.78. The minimum Gasteiger partial charge on any atom is -0.469 e. The van der Waals surface area contributed by atoms with E-state index in [1.807, 2.05) is 0 Å². The molecule has 0 aliphatic heterocycles. The number of rotatable bonds is 5. The minimum absolute atomic E-state index is 0.274. The Morgan fingerprint density at radius 1 is 1.43 bits per heavy atom. The van der Waals surface area contributed by atoms with Gasteiger partial charge in [-0.15, -0.1) is 0 Å². The van der Waals surface area contributed by atoms with Crippen molar-refractivity contribution >= 4 is 11.9 Å². The van der Waals surface area contributed by atoms with Gasteiger partial charge in [-0.2, -0.15) is 13.2 Å². The minimum atomic E-state index is -4.52. The normalized spacial score (nSPS) is 25.7. The van der Waals surface area contributed by atoms with Gasteiger partial charge in [-0.25, -0.2) is 0 Å². The number of methoxy groups -OCH3 is 1. The van der Waals surface area contributed by atoms with Crippen molar-refractivity contribution < 1.29 is 27.5 Å². The van der Waals surface area contributed by atoms with Gasteiger partial charge in [0.15, 0.2) is 0 Å². The fraction of sp³-hybridized carbons (Fsp3) is 0.846. The van der Waals surface area contributed by atoms with E-state index in [1.165, 1.54) is 0 Å². The van der Waals surface area contributed by atoms with Crippen LogP contribution in [0.15, 0.2) is 0 Å². The van der Waals surface area contributed by atoms with Crippen LogP contribution in [0.5, 0.6) is 0 Å². The van der Waals surface area contributed by atoms with Crippen molar-refractivity contribution in [3.8, 4) is 0 Å². The second-order valence-electron chi connectivity index (χ2n) is 5.58. The van der Waals surface area contributed by atoms with E-state index < -0.39 is 36.1 Å². The SMILES string of the molecule is COC(=O)CCN(CC(F)(F)F)C(=O)C1(C)CCCC1N. The molecule has 1 fully saturated rings. The molecule has 1 aliphatic rings. The Bertz CT molecular complexity index is 401. The Balaban J connectivity index is 2.84. The molecule has 0 aromatic heterocycles. The summed E-state index contributed by atoms with van der Waals surface area (Å²) in [6, 6.07) is -0.459. The number of amides is 1. The third-order valence-corrected chi connectivity index (χ3v) is 3.99. The van der Waals surface area contributed by atoms with Gasteiger partial charge in [0, 0.05) is 12.6 Å². The number of halogens is 3. The van der Waals surface area contributed by atoms with Gasteiger partial charge in [0.25, 0.3) is 0 Å². The van der Waals surface area contributed by atoms with Crippen molar-refractivity contribution in [3.63, 3.8) is 0 Å².